The molecule has 0 unspecified atom stereocenters. The van der Waals surface area contributed by atoms with Gasteiger partial charge in [0.25, 0.3) is 5.89 Å². The summed E-state index contributed by atoms with van der Waals surface area (Å²) in [5, 5.41) is 14.5. The number of halogens is 3. The molecule has 0 aliphatic carbocycles. The topological polar surface area (TPSA) is 91.3 Å². The van der Waals surface area contributed by atoms with Crippen LogP contribution in [-0.4, -0.2) is 15.1 Å². The van der Waals surface area contributed by atoms with Crippen molar-refractivity contribution in [2.45, 2.75) is 12.8 Å². The Morgan fingerprint density at radius 2 is 1.92 bits per heavy atom. The fraction of sp³-hybridized carbons (Fsp3) is 0.125. The predicted octanol–water partition coefficient (Wildman–Crippen LogP) is 4.24. The van der Waals surface area contributed by atoms with Crippen LogP contribution in [0.15, 0.2) is 53.1 Å². The third-order valence-corrected chi connectivity index (χ3v) is 3.33. The summed E-state index contributed by atoms with van der Waals surface area (Å²) in [5.41, 5.74) is -0.942. The lowest BCUT2D eigenvalue weighted by molar-refractivity contribution is -0.386. The average molecular weight is 365 g/mol. The van der Waals surface area contributed by atoms with E-state index in [1.165, 1.54) is 30.3 Å². The van der Waals surface area contributed by atoms with Crippen molar-refractivity contribution < 1.29 is 27.4 Å². The average Bonchev–Trinajstić information content (AvgIpc) is 3.08. The lowest BCUT2D eigenvalue weighted by Gasteiger charge is -2.06. The van der Waals surface area contributed by atoms with E-state index in [1.807, 2.05) is 0 Å². The van der Waals surface area contributed by atoms with Gasteiger partial charge in [0.2, 0.25) is 5.82 Å². The SMILES string of the molecule is O=[N+]([O-])c1ccccc1OCc1nc(-c2cccc(C(F)(F)F)c2)no1. The summed E-state index contributed by atoms with van der Waals surface area (Å²) in [4.78, 5) is 14.3. The number of alkyl halides is 3. The van der Waals surface area contributed by atoms with Gasteiger partial charge in [-0.15, -0.1) is 0 Å². The molecule has 134 valence electrons. The van der Waals surface area contributed by atoms with Gasteiger partial charge in [-0.25, -0.2) is 0 Å². The fourth-order valence-corrected chi connectivity index (χ4v) is 2.13. The normalized spacial score (nSPS) is 11.3. The second-order valence-electron chi connectivity index (χ2n) is 5.10. The summed E-state index contributed by atoms with van der Waals surface area (Å²) in [6, 6.07) is 10.2. The number of nitrogens with zero attached hydrogens (tertiary/aromatic N) is 3. The van der Waals surface area contributed by atoms with Gasteiger partial charge in [0.1, 0.15) is 0 Å². The van der Waals surface area contributed by atoms with Gasteiger partial charge < -0.3 is 9.26 Å². The molecular weight excluding hydrogens is 355 g/mol. The molecule has 0 aliphatic heterocycles. The Kier molecular flexibility index (Phi) is 4.57. The quantitative estimate of drug-likeness (QED) is 0.496. The number of rotatable bonds is 5. The van der Waals surface area contributed by atoms with Crippen molar-refractivity contribution in [2.24, 2.45) is 0 Å². The number of para-hydroxylation sites is 2. The molecule has 0 spiro atoms. The van der Waals surface area contributed by atoms with Gasteiger partial charge in [-0.2, -0.15) is 18.2 Å². The Morgan fingerprint density at radius 3 is 2.65 bits per heavy atom. The minimum absolute atomic E-state index is 0.0105. The van der Waals surface area contributed by atoms with Crippen LogP contribution in [0.2, 0.25) is 0 Å². The molecule has 0 N–H and O–H groups in total. The minimum Gasteiger partial charge on any atom is -0.477 e. The number of aromatic nitrogens is 2. The van der Waals surface area contributed by atoms with E-state index in [0.717, 1.165) is 12.1 Å². The van der Waals surface area contributed by atoms with Gasteiger partial charge in [-0.1, -0.05) is 29.4 Å². The highest BCUT2D eigenvalue weighted by atomic mass is 19.4. The second kappa shape index (κ2) is 6.82. The Hall–Kier alpha value is -3.43. The van der Waals surface area contributed by atoms with E-state index in [-0.39, 0.29) is 35.3 Å². The van der Waals surface area contributed by atoms with Crippen LogP contribution in [0.5, 0.6) is 5.75 Å². The molecule has 3 aromatic rings. The molecule has 1 aromatic heterocycles. The van der Waals surface area contributed by atoms with Gasteiger partial charge in [-0.3, -0.25) is 10.1 Å². The standard InChI is InChI=1S/C16H10F3N3O4/c17-16(18,19)11-5-3-4-10(8-11)15-20-14(26-21-15)9-25-13-7-2-1-6-12(13)22(23)24/h1-8H,9H2. The smallest absolute Gasteiger partial charge is 0.416 e. The second-order valence-corrected chi connectivity index (χ2v) is 5.10. The van der Waals surface area contributed by atoms with Crippen LogP contribution in [0.1, 0.15) is 11.5 Å². The van der Waals surface area contributed by atoms with Gasteiger partial charge in [-0.05, 0) is 18.2 Å². The van der Waals surface area contributed by atoms with Crippen LogP contribution in [0, 0.1) is 10.1 Å². The number of nitro benzene ring substituents is 1. The Balaban J connectivity index is 1.76. The largest absolute Gasteiger partial charge is 0.477 e. The van der Waals surface area contributed by atoms with Crippen molar-refractivity contribution in [2.75, 3.05) is 0 Å². The zero-order valence-corrected chi connectivity index (χ0v) is 12.9. The first kappa shape index (κ1) is 17.4. The van der Waals surface area contributed by atoms with Crippen molar-refractivity contribution >= 4 is 5.69 Å². The van der Waals surface area contributed by atoms with Crippen molar-refractivity contribution in [1.82, 2.24) is 10.1 Å². The number of nitro groups is 1. The van der Waals surface area contributed by atoms with E-state index in [1.54, 1.807) is 6.07 Å². The molecule has 2 aromatic carbocycles. The van der Waals surface area contributed by atoms with Crippen molar-refractivity contribution in [3.8, 4) is 17.1 Å². The highest BCUT2D eigenvalue weighted by Crippen LogP contribution is 2.31. The molecular formula is C16H10F3N3O4. The third-order valence-electron chi connectivity index (χ3n) is 3.33. The summed E-state index contributed by atoms with van der Waals surface area (Å²) < 4.78 is 48.5. The Bertz CT molecular complexity index is 940. The van der Waals surface area contributed by atoms with Gasteiger partial charge in [0.15, 0.2) is 12.4 Å². The first-order chi connectivity index (χ1) is 12.3. The maximum absolute atomic E-state index is 12.8. The third kappa shape index (κ3) is 3.79. The number of benzene rings is 2. The maximum atomic E-state index is 12.8. The fourth-order valence-electron chi connectivity index (χ4n) is 2.13. The maximum Gasteiger partial charge on any atom is 0.416 e. The summed E-state index contributed by atoms with van der Waals surface area (Å²) in [7, 11) is 0. The highest BCUT2D eigenvalue weighted by Gasteiger charge is 2.30. The van der Waals surface area contributed by atoms with Crippen molar-refractivity contribution in [3.63, 3.8) is 0 Å². The predicted molar refractivity (Wildman–Crippen MR) is 82.2 cm³/mol. The van der Waals surface area contributed by atoms with Crippen LogP contribution >= 0.6 is 0 Å². The molecule has 0 bridgehead atoms. The van der Waals surface area contributed by atoms with Crippen LogP contribution in [0.4, 0.5) is 18.9 Å². The molecule has 0 saturated heterocycles. The highest BCUT2D eigenvalue weighted by molar-refractivity contribution is 5.55. The molecule has 10 heteroatoms. The first-order valence-electron chi connectivity index (χ1n) is 7.21. The van der Waals surface area contributed by atoms with E-state index in [2.05, 4.69) is 10.1 Å². The molecule has 0 radical (unpaired) electrons. The Labute approximate surface area is 144 Å². The molecule has 0 amide bonds. The molecule has 3 rings (SSSR count). The summed E-state index contributed by atoms with van der Waals surface area (Å²) in [6.07, 6.45) is -4.49. The van der Waals surface area contributed by atoms with Crippen molar-refractivity contribution in [1.29, 1.82) is 0 Å². The zero-order valence-electron chi connectivity index (χ0n) is 12.9. The molecule has 0 saturated carbocycles. The summed E-state index contributed by atoms with van der Waals surface area (Å²) in [5.74, 6) is -0.0656. The lowest BCUT2D eigenvalue weighted by Crippen LogP contribution is -2.04. The van der Waals surface area contributed by atoms with Gasteiger partial charge in [0.05, 0.1) is 10.5 Å². The van der Waals surface area contributed by atoms with Gasteiger partial charge in [0, 0.05) is 11.6 Å². The number of ether oxygens (including phenoxy) is 1. The van der Waals surface area contributed by atoms with Crippen molar-refractivity contribution in [3.05, 3.63) is 70.1 Å². The van der Waals surface area contributed by atoms with Crippen LogP contribution < -0.4 is 4.74 Å². The minimum atomic E-state index is -4.49. The van der Waals surface area contributed by atoms with E-state index in [0.29, 0.717) is 0 Å². The molecule has 0 aliphatic rings. The summed E-state index contributed by atoms with van der Waals surface area (Å²) >= 11 is 0. The zero-order chi connectivity index (χ0) is 18.7. The van der Waals surface area contributed by atoms with Crippen LogP contribution in [0.25, 0.3) is 11.4 Å². The van der Waals surface area contributed by atoms with E-state index in [9.17, 15) is 23.3 Å². The molecule has 26 heavy (non-hydrogen) atoms. The molecule has 7 nitrogen and oxygen atoms in total. The first-order valence-corrected chi connectivity index (χ1v) is 7.21. The van der Waals surface area contributed by atoms with E-state index < -0.39 is 16.7 Å². The summed E-state index contributed by atoms with van der Waals surface area (Å²) in [6.45, 7) is -0.267. The number of hydrogen-bond acceptors (Lipinski definition) is 6. The number of hydrogen-bond donors (Lipinski definition) is 0. The van der Waals surface area contributed by atoms with E-state index >= 15 is 0 Å². The van der Waals surface area contributed by atoms with Crippen LogP contribution in [0.3, 0.4) is 0 Å². The molecule has 0 atom stereocenters. The van der Waals surface area contributed by atoms with Crippen LogP contribution in [-0.2, 0) is 12.8 Å². The monoisotopic (exact) mass is 365 g/mol. The lowest BCUT2D eigenvalue weighted by atomic mass is 10.1. The molecule has 0 fully saturated rings. The molecule has 1 heterocycles. The van der Waals surface area contributed by atoms with E-state index in [4.69, 9.17) is 9.26 Å². The Morgan fingerprint density at radius 1 is 1.15 bits per heavy atom. The van der Waals surface area contributed by atoms with Gasteiger partial charge >= 0.3 is 11.9 Å².